The van der Waals surface area contributed by atoms with Crippen LogP contribution in [0.5, 0.6) is 0 Å². The summed E-state index contributed by atoms with van der Waals surface area (Å²) < 4.78 is 18.1. The molecule has 0 saturated heterocycles. The molecule has 0 atom stereocenters. The summed E-state index contributed by atoms with van der Waals surface area (Å²) in [6.07, 6.45) is -0.678. The number of amides is 2. The first kappa shape index (κ1) is 16.5. The van der Waals surface area contributed by atoms with Crippen molar-refractivity contribution in [3.05, 3.63) is 35.1 Å². The predicted octanol–water partition coefficient (Wildman–Crippen LogP) is 0.385. The van der Waals surface area contributed by atoms with Crippen LogP contribution in [0, 0.1) is 17.7 Å². The number of benzene rings is 1. The number of nitrogens with two attached hydrogens (primary N) is 1. The van der Waals surface area contributed by atoms with Gasteiger partial charge in [-0.25, -0.2) is 9.18 Å². The second-order valence-corrected chi connectivity index (χ2v) is 3.89. The van der Waals surface area contributed by atoms with Gasteiger partial charge in [0, 0.05) is 12.0 Å². The molecule has 1 rings (SSSR count). The first-order valence-corrected chi connectivity index (χ1v) is 6.14. The van der Waals surface area contributed by atoms with E-state index in [0.717, 1.165) is 6.07 Å². The minimum Gasteiger partial charge on any atom is -0.448 e. The third-order valence-corrected chi connectivity index (χ3v) is 2.32. The van der Waals surface area contributed by atoms with E-state index in [1.807, 2.05) is 0 Å². The standard InChI is InChI=1S/C14H15FN2O4/c15-12-9-11(5-4-10(12)3-1-2-7-18)13(19)17-6-8-21-14(16)20/h4-5,9,18H,2,6-8H2,(H2,16,20)(H,17,19). The summed E-state index contributed by atoms with van der Waals surface area (Å²) in [5.74, 6) is 4.02. The van der Waals surface area contributed by atoms with Crippen molar-refractivity contribution in [3.8, 4) is 11.8 Å². The molecule has 4 N–H and O–H groups in total. The average molecular weight is 294 g/mol. The highest BCUT2D eigenvalue weighted by Crippen LogP contribution is 2.09. The Bertz CT molecular complexity index is 578. The molecule has 0 aliphatic rings. The molecule has 0 spiro atoms. The van der Waals surface area contributed by atoms with Gasteiger partial charge in [-0.05, 0) is 18.2 Å². The van der Waals surface area contributed by atoms with Gasteiger partial charge in [0.1, 0.15) is 12.4 Å². The van der Waals surface area contributed by atoms with E-state index < -0.39 is 17.8 Å². The number of primary amides is 1. The molecular weight excluding hydrogens is 279 g/mol. The largest absolute Gasteiger partial charge is 0.448 e. The van der Waals surface area contributed by atoms with Gasteiger partial charge in [0.05, 0.1) is 18.7 Å². The minimum atomic E-state index is -0.930. The highest BCUT2D eigenvalue weighted by Gasteiger charge is 2.08. The lowest BCUT2D eigenvalue weighted by Crippen LogP contribution is -2.29. The molecule has 0 saturated carbocycles. The van der Waals surface area contributed by atoms with Crippen molar-refractivity contribution >= 4 is 12.0 Å². The Labute approximate surface area is 121 Å². The Morgan fingerprint density at radius 3 is 2.81 bits per heavy atom. The summed E-state index contributed by atoms with van der Waals surface area (Å²) in [4.78, 5) is 22.0. The fourth-order valence-electron chi connectivity index (χ4n) is 1.39. The first-order chi connectivity index (χ1) is 10.0. The van der Waals surface area contributed by atoms with E-state index in [-0.39, 0.29) is 37.3 Å². The zero-order valence-electron chi connectivity index (χ0n) is 11.2. The number of rotatable bonds is 5. The number of halogens is 1. The number of hydrogen-bond donors (Lipinski definition) is 3. The number of ether oxygens (including phenoxy) is 1. The second-order valence-electron chi connectivity index (χ2n) is 3.89. The topological polar surface area (TPSA) is 102 Å². The van der Waals surface area contributed by atoms with Gasteiger partial charge in [-0.3, -0.25) is 4.79 Å². The normalized spacial score (nSPS) is 9.43. The number of carbonyl (C=O) groups excluding carboxylic acids is 2. The molecule has 0 aliphatic heterocycles. The summed E-state index contributed by atoms with van der Waals surface area (Å²) in [6.45, 7) is -0.0851. The van der Waals surface area contributed by atoms with E-state index in [1.54, 1.807) is 0 Å². The van der Waals surface area contributed by atoms with Crippen molar-refractivity contribution in [1.29, 1.82) is 0 Å². The number of nitrogens with one attached hydrogen (secondary N) is 1. The number of hydrogen-bond acceptors (Lipinski definition) is 4. The lowest BCUT2D eigenvalue weighted by atomic mass is 10.1. The average Bonchev–Trinajstić information content (AvgIpc) is 2.45. The molecule has 0 radical (unpaired) electrons. The molecule has 0 aliphatic carbocycles. The van der Waals surface area contributed by atoms with Crippen LogP contribution in [0.2, 0.25) is 0 Å². The van der Waals surface area contributed by atoms with Gasteiger partial charge in [-0.1, -0.05) is 11.8 Å². The second kappa shape index (κ2) is 8.55. The highest BCUT2D eigenvalue weighted by atomic mass is 19.1. The number of aliphatic hydroxyl groups is 1. The van der Waals surface area contributed by atoms with Gasteiger partial charge in [0.2, 0.25) is 0 Å². The lowest BCUT2D eigenvalue weighted by Gasteiger charge is -2.05. The maximum atomic E-state index is 13.7. The van der Waals surface area contributed by atoms with Crippen LogP contribution in [0.3, 0.4) is 0 Å². The van der Waals surface area contributed by atoms with E-state index in [1.165, 1.54) is 12.1 Å². The third-order valence-electron chi connectivity index (χ3n) is 2.32. The molecule has 21 heavy (non-hydrogen) atoms. The van der Waals surface area contributed by atoms with E-state index in [0.29, 0.717) is 0 Å². The van der Waals surface area contributed by atoms with E-state index in [2.05, 4.69) is 21.9 Å². The van der Waals surface area contributed by atoms with Crippen LogP contribution in [0.15, 0.2) is 18.2 Å². The molecule has 7 heteroatoms. The lowest BCUT2D eigenvalue weighted by molar-refractivity contribution is 0.0936. The fraction of sp³-hybridized carbons (Fsp3) is 0.286. The van der Waals surface area contributed by atoms with Gasteiger partial charge in [-0.2, -0.15) is 0 Å². The Morgan fingerprint density at radius 2 is 2.19 bits per heavy atom. The van der Waals surface area contributed by atoms with Crippen LogP contribution < -0.4 is 11.1 Å². The highest BCUT2D eigenvalue weighted by molar-refractivity contribution is 5.94. The smallest absolute Gasteiger partial charge is 0.404 e. The monoisotopic (exact) mass is 294 g/mol. The molecule has 0 fully saturated rings. The molecule has 0 bridgehead atoms. The summed E-state index contributed by atoms with van der Waals surface area (Å²) in [5, 5.41) is 11.0. The summed E-state index contributed by atoms with van der Waals surface area (Å²) in [5.41, 5.74) is 5.03. The van der Waals surface area contributed by atoms with Crippen LogP contribution in [0.1, 0.15) is 22.3 Å². The van der Waals surface area contributed by atoms with Crippen LogP contribution in [0.25, 0.3) is 0 Å². The summed E-state index contributed by atoms with van der Waals surface area (Å²) in [7, 11) is 0. The van der Waals surface area contributed by atoms with Crippen molar-refractivity contribution in [2.75, 3.05) is 19.8 Å². The van der Waals surface area contributed by atoms with E-state index >= 15 is 0 Å². The first-order valence-electron chi connectivity index (χ1n) is 6.14. The Balaban J connectivity index is 2.60. The van der Waals surface area contributed by atoms with Gasteiger partial charge in [0.15, 0.2) is 0 Å². The SMILES string of the molecule is NC(=O)OCCNC(=O)c1ccc(C#CCCO)c(F)c1. The molecule has 0 unspecified atom stereocenters. The van der Waals surface area contributed by atoms with Gasteiger partial charge >= 0.3 is 6.09 Å². The Kier molecular flexibility index (Phi) is 6.71. The van der Waals surface area contributed by atoms with E-state index in [9.17, 15) is 14.0 Å². The van der Waals surface area contributed by atoms with Crippen molar-refractivity contribution in [3.63, 3.8) is 0 Å². The fourth-order valence-corrected chi connectivity index (χ4v) is 1.39. The predicted molar refractivity (Wildman–Crippen MR) is 72.8 cm³/mol. The van der Waals surface area contributed by atoms with Crippen molar-refractivity contribution in [2.24, 2.45) is 5.73 Å². The maximum Gasteiger partial charge on any atom is 0.404 e. The number of aliphatic hydroxyl groups excluding tert-OH is 1. The molecule has 2 amide bonds. The molecule has 1 aromatic rings. The van der Waals surface area contributed by atoms with Gasteiger partial charge in [-0.15, -0.1) is 0 Å². The van der Waals surface area contributed by atoms with Gasteiger partial charge < -0.3 is 20.9 Å². The third kappa shape index (κ3) is 5.93. The molecule has 112 valence electrons. The summed E-state index contributed by atoms with van der Waals surface area (Å²) in [6, 6.07) is 3.87. The van der Waals surface area contributed by atoms with Gasteiger partial charge in [0.25, 0.3) is 5.91 Å². The zero-order valence-corrected chi connectivity index (χ0v) is 11.2. The molecule has 6 nitrogen and oxygen atoms in total. The van der Waals surface area contributed by atoms with Crippen molar-refractivity contribution in [1.82, 2.24) is 5.32 Å². The Morgan fingerprint density at radius 1 is 1.43 bits per heavy atom. The molecule has 1 aromatic carbocycles. The van der Waals surface area contributed by atoms with Crippen molar-refractivity contribution in [2.45, 2.75) is 6.42 Å². The van der Waals surface area contributed by atoms with Crippen LogP contribution in [-0.2, 0) is 4.74 Å². The minimum absolute atomic E-state index is 0.0612. The quantitative estimate of drug-likeness (QED) is 0.540. The number of carbonyl (C=O) groups is 2. The van der Waals surface area contributed by atoms with E-state index in [4.69, 9.17) is 10.8 Å². The Hall–Kier alpha value is -2.59. The molecule has 0 heterocycles. The van der Waals surface area contributed by atoms with Crippen LogP contribution in [0.4, 0.5) is 9.18 Å². The maximum absolute atomic E-state index is 13.7. The van der Waals surface area contributed by atoms with Crippen molar-refractivity contribution < 1.29 is 23.8 Å². The zero-order chi connectivity index (χ0) is 15.7. The molecule has 0 aromatic heterocycles. The summed E-state index contributed by atoms with van der Waals surface area (Å²) >= 11 is 0. The van der Waals surface area contributed by atoms with Crippen LogP contribution >= 0.6 is 0 Å². The molecular formula is C14H15FN2O4. The van der Waals surface area contributed by atoms with Crippen LogP contribution in [-0.4, -0.2) is 36.9 Å².